The number of cyclic esters (lactones) is 3. The molecule has 15 heteroatoms. The zero-order valence-electron chi connectivity index (χ0n) is 32.6. The molecule has 15 nitrogen and oxygen atoms in total. The van der Waals surface area contributed by atoms with E-state index in [9.17, 15) is 43.8 Å². The third kappa shape index (κ3) is 4.81. The summed E-state index contributed by atoms with van der Waals surface area (Å²) in [6, 6.07) is 0. The van der Waals surface area contributed by atoms with Crippen LogP contribution in [-0.2, 0) is 62.0 Å². The van der Waals surface area contributed by atoms with Crippen LogP contribution in [0, 0.1) is 52.3 Å². The van der Waals surface area contributed by atoms with Gasteiger partial charge in [0.2, 0.25) is 6.10 Å². The maximum atomic E-state index is 14.7. The lowest BCUT2D eigenvalue weighted by Gasteiger charge is -2.63. The highest BCUT2D eigenvalue weighted by Crippen LogP contribution is 2.83. The minimum Gasteiger partial charge on any atom is -0.466 e. The summed E-state index contributed by atoms with van der Waals surface area (Å²) >= 11 is 0. The Bertz CT molecular complexity index is 2120. The molecular weight excluding hydrogens is 744 g/mol. The second-order valence-corrected chi connectivity index (χ2v) is 17.9. The van der Waals surface area contributed by atoms with Crippen molar-refractivity contribution in [1.82, 2.24) is 0 Å². The van der Waals surface area contributed by atoms with E-state index in [-0.39, 0.29) is 59.0 Å². The molecule has 13 atom stereocenters. The lowest BCUT2D eigenvalue weighted by Crippen LogP contribution is -2.67. The molecule has 0 radical (unpaired) electrons. The van der Waals surface area contributed by atoms with E-state index in [1.165, 1.54) is 27.0 Å². The summed E-state index contributed by atoms with van der Waals surface area (Å²) in [5, 5.41) is 24.7. The Labute approximate surface area is 327 Å². The number of methoxy groups -OCH3 is 1. The van der Waals surface area contributed by atoms with Crippen LogP contribution in [0.4, 0.5) is 0 Å². The molecule has 0 aromatic heterocycles. The maximum Gasteiger partial charge on any atom is 0.348 e. The number of allylic oxidation sites excluding steroid dienone is 1. The molecule has 0 unspecified atom stereocenters. The van der Waals surface area contributed by atoms with Crippen molar-refractivity contribution in [3.8, 4) is 0 Å². The van der Waals surface area contributed by atoms with Gasteiger partial charge in [-0.15, -0.1) is 0 Å². The van der Waals surface area contributed by atoms with Gasteiger partial charge in [0.15, 0.2) is 5.78 Å². The Balaban J connectivity index is 1.25. The summed E-state index contributed by atoms with van der Waals surface area (Å²) in [7, 11) is 1.20. The topological polar surface area (TPSA) is 215 Å². The van der Waals surface area contributed by atoms with Gasteiger partial charge in [0, 0.05) is 40.9 Å². The van der Waals surface area contributed by atoms with E-state index in [4.69, 9.17) is 28.4 Å². The number of carbonyl (C=O) groups excluding carboxylic acids is 7. The first kappa shape index (κ1) is 37.9. The van der Waals surface area contributed by atoms with Crippen LogP contribution in [0.3, 0.4) is 0 Å². The first-order valence-corrected chi connectivity index (χ1v) is 19.6. The van der Waals surface area contributed by atoms with Crippen LogP contribution in [0.15, 0.2) is 45.1 Å². The maximum absolute atomic E-state index is 14.7. The van der Waals surface area contributed by atoms with Crippen LogP contribution in [0.2, 0.25) is 0 Å². The number of ether oxygens (including phenoxy) is 6. The number of aliphatic hydroxyl groups is 2. The molecule has 2 bridgehead atoms. The Morgan fingerprint density at radius 2 is 1.65 bits per heavy atom. The molecule has 2 aliphatic heterocycles. The second-order valence-electron chi connectivity index (χ2n) is 17.9. The van der Waals surface area contributed by atoms with E-state index >= 15 is 0 Å². The van der Waals surface area contributed by atoms with Gasteiger partial charge in [-0.3, -0.25) is 14.4 Å². The molecule has 5 fully saturated rings. The summed E-state index contributed by atoms with van der Waals surface area (Å²) in [5.41, 5.74) is -2.60. The van der Waals surface area contributed by atoms with Crippen molar-refractivity contribution in [2.45, 2.75) is 90.1 Å². The summed E-state index contributed by atoms with van der Waals surface area (Å²) in [6.07, 6.45) is -0.760. The molecule has 5 saturated carbocycles. The fraction of sp³-hybridized carbons (Fsp3) is 0.643. The van der Waals surface area contributed by atoms with E-state index < -0.39 is 113 Å². The van der Waals surface area contributed by atoms with E-state index in [0.29, 0.717) is 18.4 Å². The molecule has 2 heterocycles. The van der Waals surface area contributed by atoms with Crippen molar-refractivity contribution in [2.24, 2.45) is 52.3 Å². The van der Waals surface area contributed by atoms with Gasteiger partial charge >= 0.3 is 35.8 Å². The summed E-state index contributed by atoms with van der Waals surface area (Å²) in [5.74, 6) is -8.40. The molecule has 9 aliphatic rings. The Morgan fingerprint density at radius 1 is 0.912 bits per heavy atom. The lowest BCUT2D eigenvalue weighted by atomic mass is 9.42. The fourth-order valence-corrected chi connectivity index (χ4v) is 13.0. The number of rotatable bonds is 2. The van der Waals surface area contributed by atoms with Crippen molar-refractivity contribution in [3.05, 3.63) is 45.1 Å². The average Bonchev–Trinajstić information content (AvgIpc) is 4.08. The van der Waals surface area contributed by atoms with Crippen molar-refractivity contribution < 1.29 is 72.2 Å². The molecule has 304 valence electrons. The molecular formula is C42H46O15. The number of hydrogen-bond acceptors (Lipinski definition) is 15. The van der Waals surface area contributed by atoms with Crippen LogP contribution in [0.1, 0.15) is 66.7 Å². The van der Waals surface area contributed by atoms with Gasteiger partial charge in [0.25, 0.3) is 0 Å². The van der Waals surface area contributed by atoms with Crippen LogP contribution in [0.25, 0.3) is 0 Å². The minimum absolute atomic E-state index is 0.00455. The first-order chi connectivity index (χ1) is 26.9. The predicted molar refractivity (Wildman–Crippen MR) is 189 cm³/mol. The summed E-state index contributed by atoms with van der Waals surface area (Å²) < 4.78 is 33.6. The Kier molecular flexibility index (Phi) is 8.11. The largest absolute Gasteiger partial charge is 0.466 e. The van der Waals surface area contributed by atoms with Gasteiger partial charge in [0.1, 0.15) is 37.1 Å². The van der Waals surface area contributed by atoms with Gasteiger partial charge in [0.05, 0.1) is 25.0 Å². The average molecular weight is 791 g/mol. The van der Waals surface area contributed by atoms with E-state index in [1.54, 1.807) is 0 Å². The van der Waals surface area contributed by atoms with Crippen molar-refractivity contribution in [3.63, 3.8) is 0 Å². The number of fused-ring (bicyclic) bond motifs is 7. The Morgan fingerprint density at radius 3 is 2.35 bits per heavy atom. The number of aliphatic hydroxyl groups excluding tert-OH is 1. The smallest absolute Gasteiger partial charge is 0.348 e. The van der Waals surface area contributed by atoms with E-state index in [2.05, 4.69) is 6.92 Å². The number of Topliss-reactive ketones (excluding diaryl/α,β-unsaturated/α-hetero) is 1. The molecule has 2 N–H and O–H groups in total. The van der Waals surface area contributed by atoms with Gasteiger partial charge in [-0.2, -0.15) is 0 Å². The fourth-order valence-electron chi connectivity index (χ4n) is 13.0. The molecule has 0 amide bonds. The van der Waals surface area contributed by atoms with Crippen LogP contribution in [0.5, 0.6) is 0 Å². The number of ketones is 1. The second kappa shape index (κ2) is 12.2. The highest BCUT2D eigenvalue weighted by Gasteiger charge is 2.84. The molecule has 1 spiro atoms. The normalized spacial score (nSPS) is 46.0. The molecule has 57 heavy (non-hydrogen) atoms. The van der Waals surface area contributed by atoms with Gasteiger partial charge < -0.3 is 38.6 Å². The molecule has 0 aromatic carbocycles. The van der Waals surface area contributed by atoms with Gasteiger partial charge in [-0.25, -0.2) is 19.2 Å². The predicted octanol–water partition coefficient (Wildman–Crippen LogP) is 1.92. The Hall–Kier alpha value is -4.63. The monoisotopic (exact) mass is 790 g/mol. The van der Waals surface area contributed by atoms with E-state index in [0.717, 1.165) is 24.5 Å². The van der Waals surface area contributed by atoms with Crippen LogP contribution < -0.4 is 0 Å². The molecule has 0 saturated heterocycles. The van der Waals surface area contributed by atoms with Gasteiger partial charge in [-0.1, -0.05) is 19.4 Å². The third-order valence-electron chi connectivity index (χ3n) is 15.6. The number of hydrogen-bond donors (Lipinski definition) is 2. The van der Waals surface area contributed by atoms with E-state index in [1.807, 2.05) is 6.92 Å². The molecule has 7 aliphatic carbocycles. The summed E-state index contributed by atoms with van der Waals surface area (Å²) in [6.45, 7) is 6.55. The molecule has 9 rings (SSSR count). The molecule has 0 aromatic rings. The third-order valence-corrected chi connectivity index (χ3v) is 15.6. The zero-order chi connectivity index (χ0) is 40.9. The van der Waals surface area contributed by atoms with Crippen molar-refractivity contribution >= 4 is 41.6 Å². The summed E-state index contributed by atoms with van der Waals surface area (Å²) in [4.78, 5) is 94.1. The SMILES string of the molecule is COC(=O)/C(C)=C1\C(=O)[C@H](O)[C@]2(C)C3=C(C[C@@H]4[C@]5(OC(=O)C6=C5C[C@H]5[C@](O)(COC(=O)/C(C)=C/COC(=O)[C@@H](OC(C)=O)CC(=O)OC6)[C@H]6C[C@H]6[C@]45C)[C@H]31)[C@H]1C[C@H]12. The first-order valence-electron chi connectivity index (χ1n) is 19.6. The highest BCUT2D eigenvalue weighted by molar-refractivity contribution is 6.09. The number of esters is 6. The highest BCUT2D eigenvalue weighted by atomic mass is 16.6. The minimum atomic E-state index is -1.70. The van der Waals surface area contributed by atoms with Crippen LogP contribution >= 0.6 is 0 Å². The number of carbonyl (C=O) groups is 7. The quantitative estimate of drug-likeness (QED) is 0.177. The van der Waals surface area contributed by atoms with Crippen molar-refractivity contribution in [1.29, 1.82) is 0 Å². The standard InChI is InChI=1S/C42H46O15/c1-16-7-8-53-38(50)26(56-18(3)43)13-29(44)54-14-21-23-12-27-39(4,24-11-25(24)41(27,51)15-55-35(16)47)28-10-20-19-9-22(19)40(5)31(20)32(42(23,28)57-37(21)49)30(33(45)34(40)46)17(2)36(48)52-6/h7,19,22,24-28,32,34,46,51H,8-15H2,1-6H3/b16-7+,30-17-/t19-,22-,24-,25+,26+,27-,28+,32+,34+,39+,40+,41+,42+/m1/s1. The zero-order valence-corrected chi connectivity index (χ0v) is 32.6. The van der Waals surface area contributed by atoms with Gasteiger partial charge in [-0.05, 0) is 85.8 Å². The van der Waals surface area contributed by atoms with Crippen LogP contribution in [-0.4, -0.2) is 102 Å². The van der Waals surface area contributed by atoms with Crippen molar-refractivity contribution in [2.75, 3.05) is 26.9 Å². The lowest BCUT2D eigenvalue weighted by molar-refractivity contribution is -0.191.